The molecular weight excluding hydrogens is 408 g/mol. The lowest BCUT2D eigenvalue weighted by Gasteiger charge is -2.32. The molecule has 138 valence electrons. The molecule has 1 fully saturated rings. The highest BCUT2D eigenvalue weighted by Gasteiger charge is 2.20. The average Bonchev–Trinajstić information content (AvgIpc) is 2.67. The number of piperidine rings is 1. The summed E-state index contributed by atoms with van der Waals surface area (Å²) in [4.78, 5) is 16.2. The van der Waals surface area contributed by atoms with E-state index in [1.54, 1.807) is 0 Å². The lowest BCUT2D eigenvalue weighted by molar-refractivity contribution is 0.0935. The predicted molar refractivity (Wildman–Crippen MR) is 113 cm³/mol. The van der Waals surface area contributed by atoms with Gasteiger partial charge in [-0.15, -0.1) is 11.8 Å². The molecule has 1 N–H and O–H groups in total. The van der Waals surface area contributed by atoms with E-state index in [0.717, 1.165) is 43.5 Å². The van der Waals surface area contributed by atoms with Gasteiger partial charge in [0, 0.05) is 28.0 Å². The number of amides is 1. The van der Waals surface area contributed by atoms with E-state index in [2.05, 4.69) is 56.7 Å². The van der Waals surface area contributed by atoms with Crippen LogP contribution in [0.5, 0.6) is 0 Å². The average molecular weight is 433 g/mol. The van der Waals surface area contributed by atoms with Gasteiger partial charge in [0.2, 0.25) is 0 Å². The molecule has 2 aromatic rings. The Morgan fingerprint density at radius 1 is 1.19 bits per heavy atom. The number of thioether (sulfide) groups is 1. The molecule has 0 radical (unpaired) electrons. The quantitative estimate of drug-likeness (QED) is 0.664. The zero-order valence-electron chi connectivity index (χ0n) is 15.1. The minimum absolute atomic E-state index is 0.0163. The Labute approximate surface area is 168 Å². The summed E-state index contributed by atoms with van der Waals surface area (Å²) in [6.45, 7) is 3.98. The molecule has 1 aliphatic rings. The third kappa shape index (κ3) is 5.35. The van der Waals surface area contributed by atoms with E-state index in [-0.39, 0.29) is 5.91 Å². The molecule has 5 heteroatoms. The first kappa shape index (κ1) is 19.5. The Bertz CT molecular complexity index is 744. The van der Waals surface area contributed by atoms with Crippen molar-refractivity contribution in [2.75, 3.05) is 25.9 Å². The SMILES string of the molecule is CSc1ccccc1CN1CCC(CNC(=O)c2cccc(Br)c2)CC1. The molecule has 1 saturated heterocycles. The van der Waals surface area contributed by atoms with Gasteiger partial charge in [-0.05, 0) is 67.9 Å². The molecule has 0 aliphatic carbocycles. The molecule has 2 aromatic carbocycles. The summed E-state index contributed by atoms with van der Waals surface area (Å²) >= 11 is 5.23. The Hall–Kier alpha value is -1.30. The Morgan fingerprint density at radius 2 is 1.96 bits per heavy atom. The van der Waals surface area contributed by atoms with Crippen LogP contribution in [0.1, 0.15) is 28.8 Å². The summed E-state index contributed by atoms with van der Waals surface area (Å²) in [5.74, 6) is 0.584. The maximum Gasteiger partial charge on any atom is 0.251 e. The van der Waals surface area contributed by atoms with Crippen molar-refractivity contribution in [3.05, 3.63) is 64.1 Å². The van der Waals surface area contributed by atoms with Crippen molar-refractivity contribution in [3.63, 3.8) is 0 Å². The number of nitrogens with zero attached hydrogens (tertiary/aromatic N) is 1. The minimum atomic E-state index is 0.0163. The van der Waals surface area contributed by atoms with Crippen molar-refractivity contribution in [1.29, 1.82) is 0 Å². The fourth-order valence-corrected chi connectivity index (χ4v) is 4.40. The van der Waals surface area contributed by atoms with Gasteiger partial charge in [-0.2, -0.15) is 0 Å². The number of hydrogen-bond acceptors (Lipinski definition) is 3. The lowest BCUT2D eigenvalue weighted by Crippen LogP contribution is -2.38. The van der Waals surface area contributed by atoms with Crippen molar-refractivity contribution in [2.24, 2.45) is 5.92 Å². The van der Waals surface area contributed by atoms with Crippen LogP contribution in [0.2, 0.25) is 0 Å². The van der Waals surface area contributed by atoms with Crippen LogP contribution in [-0.4, -0.2) is 36.7 Å². The molecule has 3 nitrogen and oxygen atoms in total. The molecule has 3 rings (SSSR count). The van der Waals surface area contributed by atoms with Gasteiger partial charge in [0.25, 0.3) is 5.91 Å². The van der Waals surface area contributed by atoms with E-state index in [1.165, 1.54) is 10.5 Å². The smallest absolute Gasteiger partial charge is 0.251 e. The molecule has 0 aromatic heterocycles. The third-order valence-corrected chi connectivity index (χ3v) is 6.26. The molecule has 26 heavy (non-hydrogen) atoms. The number of nitrogens with one attached hydrogen (secondary N) is 1. The molecule has 1 aliphatic heterocycles. The van der Waals surface area contributed by atoms with Crippen molar-refractivity contribution in [3.8, 4) is 0 Å². The van der Waals surface area contributed by atoms with Crippen LogP contribution < -0.4 is 5.32 Å². The van der Waals surface area contributed by atoms with Crippen LogP contribution in [0.15, 0.2) is 57.9 Å². The van der Waals surface area contributed by atoms with Crippen LogP contribution in [0, 0.1) is 5.92 Å². The summed E-state index contributed by atoms with van der Waals surface area (Å²) in [7, 11) is 0. The van der Waals surface area contributed by atoms with Crippen LogP contribution in [-0.2, 0) is 6.54 Å². The number of carbonyl (C=O) groups is 1. The maximum absolute atomic E-state index is 12.3. The molecular formula is C21H25BrN2OS. The number of rotatable bonds is 6. The van der Waals surface area contributed by atoms with Gasteiger partial charge >= 0.3 is 0 Å². The molecule has 1 amide bonds. The van der Waals surface area contributed by atoms with E-state index in [0.29, 0.717) is 11.5 Å². The second kappa shape index (κ2) is 9.58. The summed E-state index contributed by atoms with van der Waals surface area (Å²) in [5.41, 5.74) is 2.13. The molecule has 1 heterocycles. The fourth-order valence-electron chi connectivity index (χ4n) is 3.39. The molecule has 0 unspecified atom stereocenters. The largest absolute Gasteiger partial charge is 0.352 e. The van der Waals surface area contributed by atoms with Gasteiger partial charge in [-0.1, -0.05) is 40.2 Å². The zero-order valence-corrected chi connectivity index (χ0v) is 17.5. The highest BCUT2D eigenvalue weighted by Crippen LogP contribution is 2.24. The number of benzene rings is 2. The second-order valence-corrected chi connectivity index (χ2v) is 8.52. The Balaban J connectivity index is 1.44. The Kier molecular flexibility index (Phi) is 7.17. The van der Waals surface area contributed by atoms with Crippen molar-refractivity contribution in [2.45, 2.75) is 24.3 Å². The zero-order chi connectivity index (χ0) is 18.4. The highest BCUT2D eigenvalue weighted by atomic mass is 79.9. The highest BCUT2D eigenvalue weighted by molar-refractivity contribution is 9.10. The lowest BCUT2D eigenvalue weighted by atomic mass is 9.96. The Morgan fingerprint density at radius 3 is 2.69 bits per heavy atom. The molecule has 0 atom stereocenters. The summed E-state index contributed by atoms with van der Waals surface area (Å²) in [6.07, 6.45) is 4.42. The van der Waals surface area contributed by atoms with E-state index >= 15 is 0 Å². The van der Waals surface area contributed by atoms with Crippen molar-refractivity contribution < 1.29 is 4.79 Å². The van der Waals surface area contributed by atoms with Gasteiger partial charge in [-0.25, -0.2) is 0 Å². The van der Waals surface area contributed by atoms with Crippen LogP contribution in [0.4, 0.5) is 0 Å². The molecule has 0 spiro atoms. The van der Waals surface area contributed by atoms with Crippen molar-refractivity contribution in [1.82, 2.24) is 10.2 Å². The number of carbonyl (C=O) groups excluding carboxylic acids is 1. The summed E-state index contributed by atoms with van der Waals surface area (Å²) in [5, 5.41) is 3.10. The van der Waals surface area contributed by atoms with Crippen LogP contribution in [0.3, 0.4) is 0 Å². The van der Waals surface area contributed by atoms with Gasteiger partial charge in [0.15, 0.2) is 0 Å². The molecule has 0 saturated carbocycles. The number of halogens is 1. The first-order valence-electron chi connectivity index (χ1n) is 9.03. The van der Waals surface area contributed by atoms with E-state index < -0.39 is 0 Å². The first-order chi connectivity index (χ1) is 12.7. The predicted octanol–water partition coefficient (Wildman–Crippen LogP) is 4.81. The number of likely N-dealkylation sites (tertiary alicyclic amines) is 1. The molecule has 0 bridgehead atoms. The topological polar surface area (TPSA) is 32.3 Å². The first-order valence-corrected chi connectivity index (χ1v) is 11.1. The van der Waals surface area contributed by atoms with Crippen molar-refractivity contribution >= 4 is 33.6 Å². The van der Waals surface area contributed by atoms with Gasteiger partial charge in [0.05, 0.1) is 0 Å². The summed E-state index contributed by atoms with van der Waals surface area (Å²) in [6, 6.07) is 16.2. The maximum atomic E-state index is 12.3. The van der Waals surface area contributed by atoms with Gasteiger partial charge < -0.3 is 5.32 Å². The monoisotopic (exact) mass is 432 g/mol. The van der Waals surface area contributed by atoms with Gasteiger partial charge in [0.1, 0.15) is 0 Å². The van der Waals surface area contributed by atoms with E-state index in [4.69, 9.17) is 0 Å². The van der Waals surface area contributed by atoms with E-state index in [1.807, 2.05) is 36.0 Å². The summed E-state index contributed by atoms with van der Waals surface area (Å²) < 4.78 is 0.934. The van der Waals surface area contributed by atoms with E-state index in [9.17, 15) is 4.79 Å². The minimum Gasteiger partial charge on any atom is -0.352 e. The second-order valence-electron chi connectivity index (χ2n) is 6.75. The van der Waals surface area contributed by atoms with Gasteiger partial charge in [-0.3, -0.25) is 9.69 Å². The third-order valence-electron chi connectivity index (χ3n) is 4.93. The fraction of sp³-hybridized carbons (Fsp3) is 0.381. The van der Waals surface area contributed by atoms with Crippen LogP contribution in [0.25, 0.3) is 0 Å². The van der Waals surface area contributed by atoms with Crippen LogP contribution >= 0.6 is 27.7 Å². The normalized spacial score (nSPS) is 15.8. The number of hydrogen-bond donors (Lipinski definition) is 1. The standard InChI is InChI=1S/C21H25BrN2OS/c1-26-20-8-3-2-5-18(20)15-24-11-9-16(10-12-24)14-23-21(25)17-6-4-7-19(22)13-17/h2-8,13,16H,9-12,14-15H2,1H3,(H,23,25).